The molecule has 1 aliphatic heterocycles. The van der Waals surface area contributed by atoms with Gasteiger partial charge in [-0.2, -0.15) is 5.10 Å². The monoisotopic (exact) mass is 508 g/mol. The number of hydrogen-bond acceptors (Lipinski definition) is 4. The molecule has 0 aliphatic carbocycles. The van der Waals surface area contributed by atoms with Gasteiger partial charge in [0.2, 0.25) is 5.78 Å². The Morgan fingerprint density at radius 2 is 1.76 bits per heavy atom. The number of carbonyl (C=O) groups is 2. The highest BCUT2D eigenvalue weighted by Gasteiger charge is 2.44. The Bertz CT molecular complexity index is 1220. The molecule has 0 radical (unpaired) electrons. The number of aromatic nitrogens is 2. The van der Waals surface area contributed by atoms with Gasteiger partial charge in [-0.05, 0) is 36.8 Å². The number of hydrogen-bond donors (Lipinski definition) is 1. The molecule has 1 aliphatic rings. The maximum atomic E-state index is 13.7. The molecule has 1 unspecified atom stereocenters. The Hall–Kier alpha value is -3.23. The smallest absolute Gasteiger partial charge is 0.295 e. The highest BCUT2D eigenvalue weighted by atomic mass is 79.9. The molecule has 0 bridgehead atoms. The second-order valence-corrected chi connectivity index (χ2v) is 9.29. The van der Waals surface area contributed by atoms with E-state index in [1.165, 1.54) is 11.1 Å². The van der Waals surface area contributed by atoms with Gasteiger partial charge < -0.3 is 14.9 Å². The summed E-state index contributed by atoms with van der Waals surface area (Å²) in [5.41, 5.74) is 2.45. The van der Waals surface area contributed by atoms with Gasteiger partial charge in [-0.25, -0.2) is 4.68 Å². The minimum Gasteiger partial charge on any atom is -0.872 e. The van der Waals surface area contributed by atoms with E-state index < -0.39 is 23.5 Å². The van der Waals surface area contributed by atoms with Gasteiger partial charge in [0.25, 0.3) is 5.91 Å². The van der Waals surface area contributed by atoms with Crippen molar-refractivity contribution < 1.29 is 19.6 Å². The molecular weight excluding hydrogens is 484 g/mol. The first-order valence-corrected chi connectivity index (χ1v) is 11.5. The highest BCUT2D eigenvalue weighted by molar-refractivity contribution is 9.10. The summed E-state index contributed by atoms with van der Waals surface area (Å²) in [7, 11) is 3.96. The minimum absolute atomic E-state index is 0.0215. The minimum atomic E-state index is -0.742. The molecule has 33 heavy (non-hydrogen) atoms. The molecule has 8 heteroatoms. The topological polar surface area (TPSA) is 82.7 Å². The number of quaternary nitrogens is 1. The maximum absolute atomic E-state index is 13.7. The zero-order valence-electron chi connectivity index (χ0n) is 18.7. The molecule has 1 fully saturated rings. The zero-order valence-corrected chi connectivity index (χ0v) is 20.3. The number of para-hydroxylation sites is 1. The normalized spacial score (nSPS) is 17.8. The molecule has 7 nitrogen and oxygen atoms in total. The standard InChI is InChI=1S/C25H25BrN4O3/c1-16-20(15-27-30(16)19-7-5-4-6-8-19)23(31)21-22(17-9-11-18(26)12-10-17)29(14-13-28(2)3)25(33)24(21)32/h4-12,15,22,31H,13-14H2,1-3H3. The van der Waals surface area contributed by atoms with Gasteiger partial charge in [0.1, 0.15) is 0 Å². The van der Waals surface area contributed by atoms with Crippen LogP contribution in [0.4, 0.5) is 0 Å². The molecule has 170 valence electrons. The molecule has 2 aromatic carbocycles. The van der Waals surface area contributed by atoms with Crippen molar-refractivity contribution in [3.63, 3.8) is 0 Å². The van der Waals surface area contributed by atoms with Crippen molar-refractivity contribution in [3.8, 4) is 5.69 Å². The van der Waals surface area contributed by atoms with E-state index in [0.717, 1.165) is 20.6 Å². The van der Waals surface area contributed by atoms with Crippen molar-refractivity contribution in [2.75, 3.05) is 27.2 Å². The van der Waals surface area contributed by atoms with Gasteiger partial charge >= 0.3 is 0 Å². The zero-order chi connectivity index (χ0) is 23.7. The van der Waals surface area contributed by atoms with Crippen LogP contribution in [0.5, 0.6) is 0 Å². The second kappa shape index (κ2) is 9.33. The van der Waals surface area contributed by atoms with Gasteiger partial charge in [0.05, 0.1) is 45.1 Å². The SMILES string of the molecule is Cc1c(C([O-])=C2C(=O)C(=O)N(CC[NH+](C)C)C2c2ccc(Br)cc2)cnn1-c1ccccc1. The van der Waals surface area contributed by atoms with E-state index in [1.54, 1.807) is 11.6 Å². The molecule has 4 rings (SSSR count). The molecule has 3 aromatic rings. The van der Waals surface area contributed by atoms with Crippen LogP contribution in [-0.4, -0.2) is 53.6 Å². The summed E-state index contributed by atoms with van der Waals surface area (Å²) in [6.45, 7) is 2.81. The van der Waals surface area contributed by atoms with Crippen LogP contribution >= 0.6 is 15.9 Å². The number of Topliss-reactive ketones (excluding diaryl/α,β-unsaturated/α-hetero) is 1. The van der Waals surface area contributed by atoms with E-state index in [9.17, 15) is 14.7 Å². The average Bonchev–Trinajstić information content (AvgIpc) is 3.30. The van der Waals surface area contributed by atoms with Crippen molar-refractivity contribution in [1.29, 1.82) is 0 Å². The summed E-state index contributed by atoms with van der Waals surface area (Å²) in [4.78, 5) is 28.8. The number of ketones is 1. The lowest BCUT2D eigenvalue weighted by Crippen LogP contribution is -3.06. The molecule has 0 saturated carbocycles. The number of likely N-dealkylation sites (tertiary alicyclic amines) is 1. The van der Waals surface area contributed by atoms with Crippen molar-refractivity contribution in [2.24, 2.45) is 0 Å². The molecule has 1 atom stereocenters. The van der Waals surface area contributed by atoms with Crippen LogP contribution in [0.15, 0.2) is 70.8 Å². The van der Waals surface area contributed by atoms with E-state index in [-0.39, 0.29) is 5.57 Å². The second-order valence-electron chi connectivity index (χ2n) is 8.37. The lowest BCUT2D eigenvalue weighted by atomic mass is 9.95. The number of halogens is 1. The van der Waals surface area contributed by atoms with Crippen molar-refractivity contribution in [1.82, 2.24) is 14.7 Å². The van der Waals surface area contributed by atoms with E-state index in [4.69, 9.17) is 0 Å². The van der Waals surface area contributed by atoms with Gasteiger partial charge in [-0.3, -0.25) is 9.59 Å². The number of carbonyl (C=O) groups excluding carboxylic acids is 2. The Balaban J connectivity index is 1.84. The van der Waals surface area contributed by atoms with Crippen LogP contribution in [0.3, 0.4) is 0 Å². The van der Waals surface area contributed by atoms with Crippen LogP contribution in [0, 0.1) is 6.92 Å². The largest absolute Gasteiger partial charge is 0.872 e. The van der Waals surface area contributed by atoms with Crippen LogP contribution in [0.25, 0.3) is 11.4 Å². The first-order chi connectivity index (χ1) is 15.8. The molecule has 1 amide bonds. The van der Waals surface area contributed by atoms with Gasteiger partial charge in [0.15, 0.2) is 0 Å². The number of likely N-dealkylation sites (N-methyl/N-ethyl adjacent to an activating group) is 1. The van der Waals surface area contributed by atoms with Gasteiger partial charge in [0, 0.05) is 21.3 Å². The van der Waals surface area contributed by atoms with Crippen LogP contribution in [-0.2, 0) is 9.59 Å². The summed E-state index contributed by atoms with van der Waals surface area (Å²) < 4.78 is 2.54. The quantitative estimate of drug-likeness (QED) is 0.309. The van der Waals surface area contributed by atoms with E-state index in [1.807, 2.05) is 68.7 Å². The molecule has 0 spiro atoms. The van der Waals surface area contributed by atoms with E-state index >= 15 is 0 Å². The summed E-state index contributed by atoms with van der Waals surface area (Å²) in [5, 5.41) is 18.1. The number of nitrogens with zero attached hydrogens (tertiary/aromatic N) is 3. The summed E-state index contributed by atoms with van der Waals surface area (Å²) in [5.74, 6) is -1.84. The molecule has 1 saturated heterocycles. The first kappa shape index (κ1) is 22.9. The fourth-order valence-electron chi connectivity index (χ4n) is 4.04. The summed E-state index contributed by atoms with van der Waals surface area (Å²) in [6.07, 6.45) is 1.47. The third-order valence-corrected chi connectivity index (χ3v) is 6.35. The Morgan fingerprint density at radius 3 is 2.39 bits per heavy atom. The van der Waals surface area contributed by atoms with Gasteiger partial charge in [-0.15, -0.1) is 0 Å². The molecular formula is C25H25BrN4O3. The predicted molar refractivity (Wildman–Crippen MR) is 127 cm³/mol. The van der Waals surface area contributed by atoms with Crippen LogP contribution in [0.1, 0.15) is 22.9 Å². The molecule has 1 N–H and O–H groups in total. The van der Waals surface area contributed by atoms with Crippen LogP contribution < -0.4 is 10.0 Å². The Kier molecular flexibility index (Phi) is 6.49. The van der Waals surface area contributed by atoms with Crippen molar-refractivity contribution >= 4 is 33.4 Å². The first-order valence-electron chi connectivity index (χ1n) is 10.7. The maximum Gasteiger partial charge on any atom is 0.295 e. The summed E-state index contributed by atoms with van der Waals surface area (Å²) in [6, 6.07) is 16.1. The highest BCUT2D eigenvalue weighted by Crippen LogP contribution is 2.39. The third kappa shape index (κ3) is 4.36. The van der Waals surface area contributed by atoms with E-state index in [0.29, 0.717) is 24.3 Å². The summed E-state index contributed by atoms with van der Waals surface area (Å²) >= 11 is 3.42. The van der Waals surface area contributed by atoms with Crippen molar-refractivity contribution in [3.05, 3.63) is 87.7 Å². The Morgan fingerprint density at radius 1 is 1.09 bits per heavy atom. The third-order valence-electron chi connectivity index (χ3n) is 5.82. The molecule has 2 heterocycles. The van der Waals surface area contributed by atoms with E-state index in [2.05, 4.69) is 21.0 Å². The Labute approximate surface area is 201 Å². The number of nitrogens with one attached hydrogen (secondary N) is 1. The van der Waals surface area contributed by atoms with Gasteiger partial charge in [-0.1, -0.05) is 52.0 Å². The lowest BCUT2D eigenvalue weighted by molar-refractivity contribution is -0.857. The fourth-order valence-corrected chi connectivity index (χ4v) is 4.31. The number of rotatable bonds is 6. The fraction of sp³-hybridized carbons (Fsp3) is 0.240. The average molecular weight is 509 g/mol. The number of benzene rings is 2. The van der Waals surface area contributed by atoms with Crippen molar-refractivity contribution in [2.45, 2.75) is 13.0 Å². The van der Waals surface area contributed by atoms with Crippen LogP contribution in [0.2, 0.25) is 0 Å². The molecule has 1 aromatic heterocycles. The lowest BCUT2D eigenvalue weighted by Gasteiger charge is -2.27. The number of amides is 1. The predicted octanol–water partition coefficient (Wildman–Crippen LogP) is 1.31.